The number of rotatable bonds is 4. The topological polar surface area (TPSA) is 66.6 Å². The average molecular weight is 260 g/mol. The molecule has 100 valence electrons. The highest BCUT2D eigenvalue weighted by molar-refractivity contribution is 5.74. The monoisotopic (exact) mass is 260 g/mol. The molecule has 0 amide bonds. The van der Waals surface area contributed by atoms with Crippen molar-refractivity contribution in [2.45, 2.75) is 0 Å². The summed E-state index contributed by atoms with van der Waals surface area (Å²) in [6, 6.07) is 9.11. The smallest absolute Gasteiger partial charge is 0.203 e. The van der Waals surface area contributed by atoms with Gasteiger partial charge < -0.3 is 19.9 Å². The van der Waals surface area contributed by atoms with E-state index < -0.39 is 0 Å². The quantitative estimate of drug-likeness (QED) is 0.914. The summed E-state index contributed by atoms with van der Waals surface area (Å²) in [6.45, 7) is 0. The van der Waals surface area contributed by atoms with E-state index in [2.05, 4.69) is 4.98 Å². The number of methoxy groups -OCH3 is 3. The normalized spacial score (nSPS) is 10.1. The molecule has 0 unspecified atom stereocenters. The maximum absolute atomic E-state index is 5.71. The van der Waals surface area contributed by atoms with E-state index in [1.54, 1.807) is 27.4 Å². The van der Waals surface area contributed by atoms with E-state index in [1.807, 2.05) is 24.3 Å². The first-order valence-electron chi connectivity index (χ1n) is 5.73. The Morgan fingerprint density at radius 2 is 1.63 bits per heavy atom. The van der Waals surface area contributed by atoms with Crippen molar-refractivity contribution < 1.29 is 14.2 Å². The highest BCUT2D eigenvalue weighted by Crippen LogP contribution is 2.43. The number of ether oxygens (including phenoxy) is 3. The lowest BCUT2D eigenvalue weighted by atomic mass is 10.1. The molecule has 1 aromatic heterocycles. The molecule has 0 radical (unpaired) electrons. The van der Waals surface area contributed by atoms with E-state index in [4.69, 9.17) is 19.9 Å². The van der Waals surface area contributed by atoms with E-state index in [0.29, 0.717) is 23.1 Å². The lowest BCUT2D eigenvalue weighted by molar-refractivity contribution is 0.325. The van der Waals surface area contributed by atoms with Crippen molar-refractivity contribution in [3.05, 3.63) is 30.3 Å². The van der Waals surface area contributed by atoms with Crippen LogP contribution in [0.15, 0.2) is 30.3 Å². The number of anilines is 1. The lowest BCUT2D eigenvalue weighted by Gasteiger charge is -2.15. The fourth-order valence-corrected chi connectivity index (χ4v) is 1.90. The van der Waals surface area contributed by atoms with Crippen LogP contribution in [0.3, 0.4) is 0 Å². The minimum absolute atomic E-state index is 0.453. The predicted molar refractivity (Wildman–Crippen MR) is 73.7 cm³/mol. The first kappa shape index (κ1) is 13.0. The third-order valence-electron chi connectivity index (χ3n) is 2.75. The maximum Gasteiger partial charge on any atom is 0.203 e. The second kappa shape index (κ2) is 5.48. The van der Waals surface area contributed by atoms with Crippen molar-refractivity contribution in [2.75, 3.05) is 27.1 Å². The molecule has 0 spiro atoms. The number of hydrogen-bond donors (Lipinski definition) is 1. The standard InChI is InChI=1S/C14H16N2O3/c1-17-11-8-7-9(13(18-2)14(11)19-3)10-5-4-6-12(15)16-10/h4-8H,1-3H3,(H2,15,16). The molecule has 2 rings (SSSR count). The highest BCUT2D eigenvalue weighted by atomic mass is 16.5. The van der Waals surface area contributed by atoms with Gasteiger partial charge in [-0.3, -0.25) is 0 Å². The SMILES string of the molecule is COc1ccc(-c2cccc(N)n2)c(OC)c1OC. The summed E-state index contributed by atoms with van der Waals surface area (Å²) >= 11 is 0. The first-order valence-corrected chi connectivity index (χ1v) is 5.73. The van der Waals surface area contributed by atoms with Crippen molar-refractivity contribution in [3.8, 4) is 28.5 Å². The van der Waals surface area contributed by atoms with Gasteiger partial charge in [-0.1, -0.05) is 6.07 Å². The van der Waals surface area contributed by atoms with Crippen molar-refractivity contribution >= 4 is 5.82 Å². The molecule has 0 saturated carbocycles. The van der Waals surface area contributed by atoms with Crippen LogP contribution in [0.1, 0.15) is 0 Å². The summed E-state index contributed by atoms with van der Waals surface area (Å²) in [7, 11) is 4.72. The third-order valence-corrected chi connectivity index (χ3v) is 2.75. The van der Waals surface area contributed by atoms with Gasteiger partial charge in [0.2, 0.25) is 5.75 Å². The molecule has 1 heterocycles. The Labute approximate surface area is 111 Å². The van der Waals surface area contributed by atoms with Crippen LogP contribution in [-0.2, 0) is 0 Å². The molecule has 0 aliphatic heterocycles. The molecule has 0 aliphatic rings. The minimum Gasteiger partial charge on any atom is -0.493 e. The van der Waals surface area contributed by atoms with Gasteiger partial charge in [-0.15, -0.1) is 0 Å². The fourth-order valence-electron chi connectivity index (χ4n) is 1.90. The maximum atomic E-state index is 5.71. The minimum atomic E-state index is 0.453. The van der Waals surface area contributed by atoms with Gasteiger partial charge in [0, 0.05) is 5.56 Å². The number of nitrogen functional groups attached to an aromatic ring is 1. The molecule has 0 bridgehead atoms. The molecular weight excluding hydrogens is 244 g/mol. The van der Waals surface area contributed by atoms with Gasteiger partial charge >= 0.3 is 0 Å². The Morgan fingerprint density at radius 1 is 0.895 bits per heavy atom. The zero-order valence-electron chi connectivity index (χ0n) is 11.1. The number of hydrogen-bond acceptors (Lipinski definition) is 5. The number of benzene rings is 1. The largest absolute Gasteiger partial charge is 0.493 e. The third kappa shape index (κ3) is 2.40. The van der Waals surface area contributed by atoms with Gasteiger partial charge in [0.05, 0.1) is 27.0 Å². The molecule has 0 aliphatic carbocycles. The van der Waals surface area contributed by atoms with E-state index in [9.17, 15) is 0 Å². The van der Waals surface area contributed by atoms with Gasteiger partial charge in [-0.2, -0.15) is 0 Å². The van der Waals surface area contributed by atoms with E-state index in [1.165, 1.54) is 0 Å². The molecule has 1 aromatic carbocycles. The number of pyridine rings is 1. The molecule has 0 atom stereocenters. The molecule has 0 saturated heterocycles. The molecule has 19 heavy (non-hydrogen) atoms. The van der Waals surface area contributed by atoms with Crippen molar-refractivity contribution in [3.63, 3.8) is 0 Å². The van der Waals surface area contributed by atoms with Crippen LogP contribution in [-0.4, -0.2) is 26.3 Å². The van der Waals surface area contributed by atoms with Crippen molar-refractivity contribution in [2.24, 2.45) is 0 Å². The Kier molecular flexibility index (Phi) is 3.75. The molecule has 2 aromatic rings. The fraction of sp³-hybridized carbons (Fsp3) is 0.214. The first-order chi connectivity index (χ1) is 9.21. The van der Waals surface area contributed by atoms with Crippen LogP contribution in [0, 0.1) is 0 Å². The van der Waals surface area contributed by atoms with Gasteiger partial charge in [0.25, 0.3) is 0 Å². The van der Waals surface area contributed by atoms with E-state index in [-0.39, 0.29) is 0 Å². The van der Waals surface area contributed by atoms with Gasteiger partial charge in [0.15, 0.2) is 11.5 Å². The summed E-state index contributed by atoms with van der Waals surface area (Å²) in [6.07, 6.45) is 0. The molecule has 2 N–H and O–H groups in total. The van der Waals surface area contributed by atoms with Crippen molar-refractivity contribution in [1.29, 1.82) is 0 Å². The number of nitrogens with two attached hydrogens (primary N) is 1. The van der Waals surface area contributed by atoms with Crippen molar-refractivity contribution in [1.82, 2.24) is 4.98 Å². The Hall–Kier alpha value is -2.43. The van der Waals surface area contributed by atoms with E-state index in [0.717, 1.165) is 11.3 Å². The summed E-state index contributed by atoms with van der Waals surface area (Å²) in [5.41, 5.74) is 7.22. The second-order valence-electron chi connectivity index (χ2n) is 3.83. The zero-order valence-corrected chi connectivity index (χ0v) is 11.1. The van der Waals surface area contributed by atoms with Gasteiger partial charge in [-0.25, -0.2) is 4.98 Å². The van der Waals surface area contributed by atoms with Gasteiger partial charge in [-0.05, 0) is 24.3 Å². The van der Waals surface area contributed by atoms with Gasteiger partial charge in [0.1, 0.15) is 5.82 Å². The van der Waals surface area contributed by atoms with Crippen LogP contribution < -0.4 is 19.9 Å². The lowest BCUT2D eigenvalue weighted by Crippen LogP contribution is -1.98. The number of aromatic nitrogens is 1. The van der Waals surface area contributed by atoms with Crippen LogP contribution in [0.5, 0.6) is 17.2 Å². The Bertz CT molecular complexity index is 585. The predicted octanol–water partition coefficient (Wildman–Crippen LogP) is 2.36. The van der Waals surface area contributed by atoms with Crippen LogP contribution in [0.2, 0.25) is 0 Å². The number of nitrogens with zero attached hydrogens (tertiary/aromatic N) is 1. The highest BCUT2D eigenvalue weighted by Gasteiger charge is 2.17. The molecule has 5 nitrogen and oxygen atoms in total. The zero-order chi connectivity index (χ0) is 13.8. The second-order valence-corrected chi connectivity index (χ2v) is 3.83. The Balaban J connectivity index is 2.64. The summed E-state index contributed by atoms with van der Waals surface area (Å²) in [5, 5.41) is 0. The Morgan fingerprint density at radius 3 is 2.21 bits per heavy atom. The van der Waals surface area contributed by atoms with E-state index >= 15 is 0 Å². The van der Waals surface area contributed by atoms with Crippen LogP contribution in [0.25, 0.3) is 11.3 Å². The molecular formula is C14H16N2O3. The van der Waals surface area contributed by atoms with Crippen LogP contribution >= 0.6 is 0 Å². The summed E-state index contributed by atoms with van der Waals surface area (Å²) in [5.74, 6) is 2.16. The average Bonchev–Trinajstić information content (AvgIpc) is 2.45. The summed E-state index contributed by atoms with van der Waals surface area (Å²) in [4.78, 5) is 4.28. The van der Waals surface area contributed by atoms with Crippen LogP contribution in [0.4, 0.5) is 5.82 Å². The molecule has 0 fully saturated rings. The summed E-state index contributed by atoms with van der Waals surface area (Å²) < 4.78 is 16.0. The molecule has 5 heteroatoms.